The first-order valence-corrected chi connectivity index (χ1v) is 11.0. The van der Waals surface area contributed by atoms with E-state index in [1.165, 1.54) is 16.7 Å². The Hall–Kier alpha value is -2.06. The average Bonchev–Trinajstić information content (AvgIpc) is 3.00. The van der Waals surface area contributed by atoms with Crippen molar-refractivity contribution in [3.8, 4) is 11.5 Å². The van der Waals surface area contributed by atoms with Crippen molar-refractivity contribution in [2.24, 2.45) is 0 Å². The topological polar surface area (TPSA) is 59.1 Å². The zero-order chi connectivity index (χ0) is 21.0. The summed E-state index contributed by atoms with van der Waals surface area (Å²) in [5, 5.41) is 0. The van der Waals surface area contributed by atoms with Crippen molar-refractivity contribution in [2.45, 2.75) is 38.6 Å². The molecule has 0 radical (unpaired) electrons. The van der Waals surface area contributed by atoms with E-state index in [1.54, 1.807) is 32.4 Å². The zero-order valence-corrected chi connectivity index (χ0v) is 18.6. The van der Waals surface area contributed by atoms with E-state index in [1.807, 2.05) is 11.0 Å². The van der Waals surface area contributed by atoms with Gasteiger partial charge in [0.2, 0.25) is 5.91 Å². The molecule has 8 heteroatoms. The van der Waals surface area contributed by atoms with Crippen LogP contribution in [0.5, 0.6) is 11.5 Å². The van der Waals surface area contributed by atoms with Crippen molar-refractivity contribution in [3.05, 3.63) is 28.7 Å². The van der Waals surface area contributed by atoms with Crippen LogP contribution in [0.1, 0.15) is 38.2 Å². The lowest BCUT2D eigenvalue weighted by Crippen LogP contribution is -2.48. The molecule has 1 unspecified atom stereocenters. The van der Waals surface area contributed by atoms with E-state index in [4.69, 9.17) is 21.7 Å². The fourth-order valence-corrected chi connectivity index (χ4v) is 4.96. The number of carbonyl (C=O) groups is 2. The number of thioether (sulfide) groups is 1. The minimum absolute atomic E-state index is 0.00441. The lowest BCUT2D eigenvalue weighted by atomic mass is 10.00. The van der Waals surface area contributed by atoms with Gasteiger partial charge in [0.15, 0.2) is 11.5 Å². The Bertz CT molecular complexity index is 840. The minimum atomic E-state index is -0.229. The average molecular weight is 435 g/mol. The van der Waals surface area contributed by atoms with Crippen LogP contribution in [-0.2, 0) is 9.59 Å². The van der Waals surface area contributed by atoms with E-state index in [9.17, 15) is 9.59 Å². The molecule has 3 rings (SSSR count). The van der Waals surface area contributed by atoms with Gasteiger partial charge in [-0.3, -0.25) is 14.5 Å². The van der Waals surface area contributed by atoms with Gasteiger partial charge < -0.3 is 14.4 Å². The van der Waals surface area contributed by atoms with Gasteiger partial charge >= 0.3 is 0 Å². The SMILES string of the molecule is CCC1CCCCN1C(=O)CN1C(=O)/C(=C/c2ccc(OC)c(OC)c2)SC1=S. The molecule has 2 fully saturated rings. The molecule has 0 bridgehead atoms. The molecule has 2 saturated heterocycles. The zero-order valence-electron chi connectivity index (χ0n) is 17.0. The smallest absolute Gasteiger partial charge is 0.266 e. The molecule has 29 heavy (non-hydrogen) atoms. The summed E-state index contributed by atoms with van der Waals surface area (Å²) in [5.41, 5.74) is 0.802. The molecule has 2 aliphatic rings. The highest BCUT2D eigenvalue weighted by Crippen LogP contribution is 2.35. The predicted octanol–water partition coefficient (Wildman–Crippen LogP) is 3.70. The maximum absolute atomic E-state index is 12.9. The highest BCUT2D eigenvalue weighted by molar-refractivity contribution is 8.26. The molecule has 2 amide bonds. The van der Waals surface area contributed by atoms with Crippen molar-refractivity contribution in [2.75, 3.05) is 27.3 Å². The van der Waals surface area contributed by atoms with Crippen LogP contribution in [0.3, 0.4) is 0 Å². The van der Waals surface area contributed by atoms with E-state index in [0.29, 0.717) is 20.7 Å². The molecule has 156 valence electrons. The van der Waals surface area contributed by atoms with E-state index in [0.717, 1.165) is 37.8 Å². The van der Waals surface area contributed by atoms with E-state index in [2.05, 4.69) is 6.92 Å². The molecule has 2 aliphatic heterocycles. The first-order valence-electron chi connectivity index (χ1n) is 9.75. The maximum Gasteiger partial charge on any atom is 0.266 e. The summed E-state index contributed by atoms with van der Waals surface area (Å²) in [6, 6.07) is 5.70. The van der Waals surface area contributed by atoms with Crippen LogP contribution >= 0.6 is 24.0 Å². The van der Waals surface area contributed by atoms with Crippen LogP contribution in [0.15, 0.2) is 23.1 Å². The Kier molecular flexibility index (Phi) is 7.18. The number of hydrogen-bond acceptors (Lipinski definition) is 6. The Morgan fingerprint density at radius 1 is 1.28 bits per heavy atom. The first kappa shape index (κ1) is 21.6. The lowest BCUT2D eigenvalue weighted by Gasteiger charge is -2.36. The lowest BCUT2D eigenvalue weighted by molar-refractivity contribution is -0.138. The van der Waals surface area contributed by atoms with Gasteiger partial charge in [-0.1, -0.05) is 37.0 Å². The van der Waals surface area contributed by atoms with Crippen LogP contribution in [0, 0.1) is 0 Å². The Morgan fingerprint density at radius 2 is 2.03 bits per heavy atom. The number of likely N-dealkylation sites (tertiary alicyclic amines) is 1. The second-order valence-electron chi connectivity index (χ2n) is 7.03. The monoisotopic (exact) mass is 434 g/mol. The van der Waals surface area contributed by atoms with Crippen molar-refractivity contribution in [3.63, 3.8) is 0 Å². The molecule has 0 saturated carbocycles. The molecule has 2 heterocycles. The normalized spacial score (nSPS) is 21.1. The third-order valence-corrected chi connectivity index (χ3v) is 6.67. The number of carbonyl (C=O) groups excluding carboxylic acids is 2. The third kappa shape index (κ3) is 4.75. The molecular formula is C21H26N2O4S2. The Balaban J connectivity index is 1.74. The highest BCUT2D eigenvalue weighted by Gasteiger charge is 2.35. The van der Waals surface area contributed by atoms with Crippen LogP contribution in [0.25, 0.3) is 6.08 Å². The summed E-state index contributed by atoms with van der Waals surface area (Å²) in [6.45, 7) is 2.86. The molecule has 1 aromatic rings. The summed E-state index contributed by atoms with van der Waals surface area (Å²) < 4.78 is 11.0. The number of rotatable bonds is 6. The van der Waals surface area contributed by atoms with Crippen molar-refractivity contribution >= 4 is 46.2 Å². The number of ether oxygens (including phenoxy) is 2. The van der Waals surface area contributed by atoms with Gasteiger partial charge in [0.25, 0.3) is 5.91 Å². The van der Waals surface area contributed by atoms with E-state index >= 15 is 0 Å². The standard InChI is InChI=1S/C21H26N2O4S2/c1-4-15-7-5-6-10-22(15)19(24)13-23-20(25)18(29-21(23)28)12-14-8-9-16(26-2)17(11-14)27-3/h8-9,11-12,15H,4-7,10,13H2,1-3H3/b18-12-. The number of nitrogens with zero attached hydrogens (tertiary/aromatic N) is 2. The Morgan fingerprint density at radius 3 is 2.72 bits per heavy atom. The summed E-state index contributed by atoms with van der Waals surface area (Å²) >= 11 is 6.61. The van der Waals surface area contributed by atoms with Gasteiger partial charge in [-0.05, 0) is 49.5 Å². The summed E-state index contributed by atoms with van der Waals surface area (Å²) in [6.07, 6.45) is 5.89. The Labute approximate surface area is 181 Å². The van der Waals surface area contributed by atoms with Gasteiger partial charge in [0.1, 0.15) is 10.9 Å². The molecular weight excluding hydrogens is 408 g/mol. The molecule has 0 aliphatic carbocycles. The number of methoxy groups -OCH3 is 2. The quantitative estimate of drug-likeness (QED) is 0.503. The van der Waals surface area contributed by atoms with Crippen LogP contribution in [0.2, 0.25) is 0 Å². The van der Waals surface area contributed by atoms with E-state index in [-0.39, 0.29) is 24.4 Å². The minimum Gasteiger partial charge on any atom is -0.493 e. The molecule has 1 atom stereocenters. The number of thiocarbonyl (C=S) groups is 1. The number of piperidine rings is 1. The number of hydrogen-bond donors (Lipinski definition) is 0. The molecule has 0 aromatic heterocycles. The summed E-state index contributed by atoms with van der Waals surface area (Å²) in [5.74, 6) is 0.950. The second-order valence-corrected chi connectivity index (χ2v) is 8.70. The number of amides is 2. The van der Waals surface area contributed by atoms with Gasteiger partial charge in [-0.15, -0.1) is 0 Å². The van der Waals surface area contributed by atoms with Gasteiger partial charge in [-0.2, -0.15) is 0 Å². The molecule has 0 spiro atoms. The van der Waals surface area contributed by atoms with Crippen LogP contribution in [0.4, 0.5) is 0 Å². The highest BCUT2D eigenvalue weighted by atomic mass is 32.2. The fourth-order valence-electron chi connectivity index (χ4n) is 3.71. The van der Waals surface area contributed by atoms with Crippen LogP contribution < -0.4 is 9.47 Å². The summed E-state index contributed by atoms with van der Waals surface area (Å²) in [7, 11) is 3.14. The van der Waals surface area contributed by atoms with Gasteiger partial charge in [0.05, 0.1) is 19.1 Å². The first-order chi connectivity index (χ1) is 14.0. The number of benzene rings is 1. The second kappa shape index (κ2) is 9.63. The predicted molar refractivity (Wildman–Crippen MR) is 119 cm³/mol. The summed E-state index contributed by atoms with van der Waals surface area (Å²) in [4.78, 5) is 29.6. The molecule has 1 aromatic carbocycles. The van der Waals surface area contributed by atoms with Gasteiger partial charge in [0, 0.05) is 12.6 Å². The van der Waals surface area contributed by atoms with Crippen molar-refractivity contribution < 1.29 is 19.1 Å². The largest absolute Gasteiger partial charge is 0.493 e. The fraction of sp³-hybridized carbons (Fsp3) is 0.476. The third-order valence-electron chi connectivity index (χ3n) is 5.29. The van der Waals surface area contributed by atoms with Crippen molar-refractivity contribution in [1.29, 1.82) is 0 Å². The van der Waals surface area contributed by atoms with E-state index < -0.39 is 0 Å². The maximum atomic E-state index is 12.9. The van der Waals surface area contributed by atoms with Gasteiger partial charge in [-0.25, -0.2) is 0 Å². The molecule has 0 N–H and O–H groups in total. The van der Waals surface area contributed by atoms with Crippen LogP contribution in [-0.4, -0.2) is 59.3 Å². The molecule has 6 nitrogen and oxygen atoms in total. The van der Waals surface area contributed by atoms with Crippen molar-refractivity contribution in [1.82, 2.24) is 9.80 Å².